The van der Waals surface area contributed by atoms with Crippen molar-refractivity contribution >= 4 is 122 Å². The second-order valence-electron chi connectivity index (χ2n) is 49.1. The van der Waals surface area contributed by atoms with Crippen LogP contribution in [0.2, 0.25) is 109 Å². The smallest absolute Gasteiger partial charge is 0.426 e. The van der Waals surface area contributed by atoms with Crippen molar-refractivity contribution in [3.63, 3.8) is 0 Å². The van der Waals surface area contributed by atoms with Crippen molar-refractivity contribution < 1.29 is 103 Å². The molecule has 0 radical (unpaired) electrons. The monoisotopic (exact) mass is 2030 g/mol. The van der Waals surface area contributed by atoms with E-state index >= 15 is 28.8 Å². The average molecular weight is 2040 g/mol. The van der Waals surface area contributed by atoms with E-state index in [0.29, 0.717) is 22.4 Å². The molecule has 0 saturated carbocycles. The molecule has 32 nitrogen and oxygen atoms in total. The van der Waals surface area contributed by atoms with E-state index in [9.17, 15) is 24.0 Å². The van der Waals surface area contributed by atoms with Gasteiger partial charge in [0.1, 0.15) is 72.0 Å². The van der Waals surface area contributed by atoms with Crippen LogP contribution in [0.25, 0.3) is 0 Å². The molecule has 3 aromatic rings. The van der Waals surface area contributed by atoms with Crippen molar-refractivity contribution in [1.82, 2.24) is 46.6 Å². The lowest BCUT2D eigenvalue weighted by Gasteiger charge is -2.43. The van der Waals surface area contributed by atoms with E-state index in [4.69, 9.17) is 50.2 Å². The van der Waals surface area contributed by atoms with Gasteiger partial charge in [-0.2, -0.15) is 0 Å². The van der Waals surface area contributed by atoms with Crippen LogP contribution < -0.4 is 36.3 Å². The molecule has 138 heavy (non-hydrogen) atoms. The van der Waals surface area contributed by atoms with Crippen LogP contribution in [0.4, 0.5) is 24.0 Å². The topological polar surface area (TPSA) is 384 Å². The molecule has 11 amide bonds. The van der Waals surface area contributed by atoms with Crippen LogP contribution in [0, 0.1) is 5.92 Å². The quantitative estimate of drug-likeness (QED) is 0.0143. The standard InChI is InChI=1S/C100H172N10O22Si6/c1-64-60-109(78(79(64)132-138(41,42)100(28,29)30)85(116)110(90(120)125-93(7,8)9)91(121)126-94(10,11)12)84(115)76(66(3)128-134(33,34)96(16,17)18)104-82(113)77(74(131-137(39,40)99(25,26)27)57-67-53-55-70(56-54-67)129-135(35,36)97(19,20)21)105-81(112)73-58-71(130-136(37,38)98(22,23)24)61-108(73)83(114)75(65(2)127-133(31,32)95(13,14)15)103-80(111)72(102-89(119)124-92(4,5)6)59-101-86(106-87(117)122-62-68-49-45-43-46-50-68)107-88(118)123-63-69-51-47-44-48-52-69/h43-56,64-66,71-79H,57-63H2,1-42H3,(H,102,119)(H,103,111)(H,104,113)(H,105,112)(H2,101,106,107,117,118)/t64-,65?,66?,71+,72-,73-,74+,75-,76-,77-,78-,79-/m0/s1. The molecule has 2 saturated heterocycles. The molecule has 2 unspecified atom stereocenters. The molecule has 778 valence electrons. The summed E-state index contributed by atoms with van der Waals surface area (Å²) in [5.41, 5.74) is -1.80. The Morgan fingerprint density at radius 1 is 0.428 bits per heavy atom. The lowest BCUT2D eigenvalue weighted by atomic mass is 9.99. The molecule has 3 aromatic carbocycles. The van der Waals surface area contributed by atoms with E-state index < -0.39 is 243 Å². The molecule has 2 aliphatic heterocycles. The van der Waals surface area contributed by atoms with Gasteiger partial charge in [-0.05, 0) is 220 Å². The fourth-order valence-electron chi connectivity index (χ4n) is 13.6. The van der Waals surface area contributed by atoms with E-state index in [1.54, 1.807) is 144 Å². The summed E-state index contributed by atoms with van der Waals surface area (Å²) in [5, 5.41) is 13.9. The number of benzene rings is 3. The summed E-state index contributed by atoms with van der Waals surface area (Å²) >= 11 is 0. The maximum atomic E-state index is 17.4. The summed E-state index contributed by atoms with van der Waals surface area (Å²) in [6.07, 6.45) is -12.3. The van der Waals surface area contributed by atoms with Gasteiger partial charge in [-0.15, -0.1) is 4.90 Å². The minimum atomic E-state index is -3.21. The van der Waals surface area contributed by atoms with E-state index in [1.165, 1.54) is 9.80 Å². The van der Waals surface area contributed by atoms with Crippen LogP contribution in [-0.4, -0.2) is 240 Å². The van der Waals surface area contributed by atoms with Crippen LogP contribution in [0.5, 0.6) is 5.75 Å². The van der Waals surface area contributed by atoms with Gasteiger partial charge < -0.3 is 81.3 Å². The fourth-order valence-corrected chi connectivity index (χ4v) is 21.6. The highest BCUT2D eigenvalue weighted by Gasteiger charge is 2.58. The summed E-state index contributed by atoms with van der Waals surface area (Å²) in [7, 11) is -17.6. The first kappa shape index (κ1) is 120. The number of likely N-dealkylation sites (tertiary alicyclic amines) is 2. The predicted octanol–water partition coefficient (Wildman–Crippen LogP) is 19.3. The largest absolute Gasteiger partial charge is 0.544 e. The molecule has 12 atom stereocenters. The molecule has 6 N–H and O–H groups in total. The zero-order chi connectivity index (χ0) is 106. The zero-order valence-electron chi connectivity index (χ0n) is 91.2. The van der Waals surface area contributed by atoms with Gasteiger partial charge in [0.05, 0.1) is 37.1 Å². The Kier molecular flexibility index (Phi) is 40.1. The third-order valence-corrected chi connectivity index (χ3v) is 54.7. The van der Waals surface area contributed by atoms with Gasteiger partial charge in [-0.25, -0.2) is 29.0 Å². The summed E-state index contributed by atoms with van der Waals surface area (Å²) in [5.74, 6) is -6.55. The van der Waals surface area contributed by atoms with Crippen LogP contribution in [-0.2, 0) is 94.2 Å². The van der Waals surface area contributed by atoms with Gasteiger partial charge in [-0.1, -0.05) is 204 Å². The lowest BCUT2D eigenvalue weighted by molar-refractivity contribution is -0.149. The Hall–Kier alpha value is -8.20. The Morgan fingerprint density at radius 3 is 1.22 bits per heavy atom. The number of nitrogens with one attached hydrogen (secondary N) is 6. The molecule has 0 spiro atoms. The minimum Gasteiger partial charge on any atom is -0.544 e. The van der Waals surface area contributed by atoms with Crippen molar-refractivity contribution in [3.8, 4) is 5.75 Å². The summed E-state index contributed by atoms with van der Waals surface area (Å²) in [6, 6.07) is 14.5. The normalized spacial score (nSPS) is 18.6. The third kappa shape index (κ3) is 34.6. The first-order valence-corrected chi connectivity index (χ1v) is 65.8. The number of hydrogen-bond acceptors (Lipinski definition) is 23. The summed E-state index contributed by atoms with van der Waals surface area (Å²) < 4.78 is 71.8. The molecule has 2 fully saturated rings. The summed E-state index contributed by atoms with van der Waals surface area (Å²) in [4.78, 5) is 180. The molecular formula is C100H172N10O22Si6. The van der Waals surface area contributed by atoms with E-state index in [0.717, 1.165) is 0 Å². The molecular weight excluding hydrogens is 1860 g/mol. The number of carbonyl (C=O) groups excluding carboxylic acids is 11. The van der Waals surface area contributed by atoms with E-state index in [1.807, 2.05) is 194 Å². The number of alkyl carbamates (subject to hydrolysis) is 3. The molecule has 0 bridgehead atoms. The fraction of sp³-hybridized carbons (Fsp3) is 0.700. The number of aliphatic imine (C=N–C) groups is 1. The van der Waals surface area contributed by atoms with Gasteiger partial charge in [-0.3, -0.25) is 39.4 Å². The number of nitrogens with zero attached hydrogens (tertiary/aromatic N) is 4. The van der Waals surface area contributed by atoms with Gasteiger partial charge in [0.2, 0.25) is 43.8 Å². The number of rotatable bonds is 33. The van der Waals surface area contributed by atoms with Crippen molar-refractivity contribution in [2.45, 2.75) is 426 Å². The van der Waals surface area contributed by atoms with Crippen molar-refractivity contribution in [1.29, 1.82) is 0 Å². The van der Waals surface area contributed by atoms with E-state index in [-0.39, 0.29) is 49.1 Å². The van der Waals surface area contributed by atoms with Crippen molar-refractivity contribution in [3.05, 3.63) is 102 Å². The van der Waals surface area contributed by atoms with Gasteiger partial charge in [0.15, 0.2) is 41.6 Å². The van der Waals surface area contributed by atoms with Crippen LogP contribution in [0.3, 0.4) is 0 Å². The predicted molar refractivity (Wildman–Crippen MR) is 555 cm³/mol. The number of guanidine groups is 1. The second kappa shape index (κ2) is 46.0. The van der Waals surface area contributed by atoms with Crippen LogP contribution in [0.15, 0.2) is 89.9 Å². The Labute approximate surface area is 830 Å². The van der Waals surface area contributed by atoms with E-state index in [2.05, 4.69) is 70.8 Å². The highest BCUT2D eigenvalue weighted by molar-refractivity contribution is 6.76. The first-order valence-electron chi connectivity index (χ1n) is 48.3. The Balaban J connectivity index is 1.92. The first-order chi connectivity index (χ1) is 62.3. The van der Waals surface area contributed by atoms with Gasteiger partial charge in [0.25, 0.3) is 5.91 Å². The van der Waals surface area contributed by atoms with Gasteiger partial charge in [0, 0.05) is 25.4 Å². The molecule has 38 heteroatoms. The van der Waals surface area contributed by atoms with Crippen LogP contribution >= 0.6 is 0 Å². The van der Waals surface area contributed by atoms with Crippen molar-refractivity contribution in [2.75, 3.05) is 19.6 Å². The Bertz CT molecular complexity index is 4620. The van der Waals surface area contributed by atoms with Crippen LogP contribution in [0.1, 0.15) is 231 Å². The SMILES string of the molecule is CC(O[Si](C)(C)C(C)(C)C)[C@H](NC(=O)[C@@H](NC(=O)[C@@H]1C[C@@H](O[Si](C)(C)C(C)(C)C)CN1C(=O)[C@@H](NC(=O)[C@H](CN=C(NC(=O)OCc1ccccc1)NC(=O)OCc1ccccc1)NC(=O)OC(C)(C)C)C(C)O[Si](C)(C)C(C)(C)C)[C@@H](Cc1ccc(O[Si](C)(C)C(C)(C)C)cc1)O[Si](C)(C)C(C)(C)C)C(=O)N1C[C@H](C)[C@H](O[Si](C)(C)C(C)(C)C)[C@H]1C(=O)N(C(=O)OC(C)(C)C)C(=O)OC(C)(C)C. The number of ether oxygens (including phenoxy) is 5. The molecule has 2 heterocycles. The maximum Gasteiger partial charge on any atom is 0.426 e. The molecule has 0 aromatic heterocycles. The zero-order valence-corrected chi connectivity index (χ0v) is 97.2. The summed E-state index contributed by atoms with van der Waals surface area (Å²) in [6.45, 7) is 78.5. The van der Waals surface area contributed by atoms with Gasteiger partial charge >= 0.3 is 30.5 Å². The molecule has 2 aliphatic rings. The Morgan fingerprint density at radius 2 is 0.819 bits per heavy atom. The van der Waals surface area contributed by atoms with Crippen molar-refractivity contribution in [2.24, 2.45) is 10.9 Å². The number of imide groups is 3. The minimum absolute atomic E-state index is 0.0780. The third-order valence-electron chi connectivity index (χ3n) is 27.6. The maximum absolute atomic E-state index is 17.4. The average Bonchev–Trinajstić information content (AvgIpc) is 1.60. The number of hydrogen-bond donors (Lipinski definition) is 6. The highest BCUT2D eigenvalue weighted by Crippen LogP contribution is 2.46. The molecule has 0 aliphatic carbocycles. The highest BCUT2D eigenvalue weighted by atomic mass is 28.4. The number of carbonyl (C=O) groups is 11. The second-order valence-corrected chi connectivity index (χ2v) is 77.7. The lowest BCUT2D eigenvalue weighted by Crippen LogP contribution is -2.66. The molecule has 5 rings (SSSR count). The number of amides is 11.